The Morgan fingerprint density at radius 1 is 1.17 bits per heavy atom. The third-order valence-electron chi connectivity index (χ3n) is 3.40. The molecule has 0 aliphatic carbocycles. The summed E-state index contributed by atoms with van der Waals surface area (Å²) >= 11 is 0. The Morgan fingerprint density at radius 3 is 2.74 bits per heavy atom. The highest BCUT2D eigenvalue weighted by Gasteiger charge is 2.14. The van der Waals surface area contributed by atoms with Crippen molar-refractivity contribution < 1.29 is 4.42 Å². The van der Waals surface area contributed by atoms with E-state index in [4.69, 9.17) is 4.42 Å². The minimum absolute atomic E-state index is 0.202. The maximum Gasteiger partial charge on any atom is 0.284 e. The van der Waals surface area contributed by atoms with Gasteiger partial charge in [-0.05, 0) is 19.1 Å². The summed E-state index contributed by atoms with van der Waals surface area (Å²) in [6, 6.07) is 9.42. The standard InChI is InChI=1S/C15H12N6O2/c1-10-7-16-12(23-10)8-20-9-17-14-13(15(20)22)18-19-21(14)11-5-3-2-4-6-11/h2-7,9H,8H2,1H3. The van der Waals surface area contributed by atoms with Gasteiger partial charge in [-0.25, -0.2) is 9.97 Å². The van der Waals surface area contributed by atoms with Crippen LogP contribution in [0.3, 0.4) is 0 Å². The summed E-state index contributed by atoms with van der Waals surface area (Å²) in [5, 5.41) is 8.00. The zero-order valence-corrected chi connectivity index (χ0v) is 12.2. The molecule has 0 unspecified atom stereocenters. The maximum absolute atomic E-state index is 12.5. The Bertz CT molecular complexity index is 1030. The number of fused-ring (bicyclic) bond motifs is 1. The number of hydrogen-bond donors (Lipinski definition) is 0. The number of nitrogens with zero attached hydrogens (tertiary/aromatic N) is 6. The van der Waals surface area contributed by atoms with Gasteiger partial charge in [-0.15, -0.1) is 5.10 Å². The molecule has 8 heteroatoms. The topological polar surface area (TPSA) is 91.6 Å². The highest BCUT2D eigenvalue weighted by molar-refractivity contribution is 5.70. The van der Waals surface area contributed by atoms with Crippen LogP contribution < -0.4 is 5.56 Å². The summed E-state index contributed by atoms with van der Waals surface area (Å²) in [5.41, 5.74) is 1.14. The van der Waals surface area contributed by atoms with Crippen LogP contribution in [0.2, 0.25) is 0 Å². The molecule has 114 valence electrons. The van der Waals surface area contributed by atoms with Gasteiger partial charge in [-0.2, -0.15) is 4.68 Å². The van der Waals surface area contributed by atoms with Gasteiger partial charge < -0.3 is 4.42 Å². The van der Waals surface area contributed by atoms with E-state index >= 15 is 0 Å². The number of para-hydroxylation sites is 1. The third kappa shape index (κ3) is 2.30. The van der Waals surface area contributed by atoms with Crippen LogP contribution in [0.15, 0.2) is 52.1 Å². The van der Waals surface area contributed by atoms with Gasteiger partial charge in [0.25, 0.3) is 5.56 Å². The first-order valence-electron chi connectivity index (χ1n) is 7.00. The normalized spacial score (nSPS) is 11.2. The number of benzene rings is 1. The molecule has 0 aliphatic heterocycles. The van der Waals surface area contributed by atoms with E-state index in [1.807, 2.05) is 30.3 Å². The van der Waals surface area contributed by atoms with E-state index in [1.165, 1.54) is 15.6 Å². The van der Waals surface area contributed by atoms with Crippen molar-refractivity contribution in [3.63, 3.8) is 0 Å². The highest BCUT2D eigenvalue weighted by Crippen LogP contribution is 2.11. The fourth-order valence-corrected chi connectivity index (χ4v) is 2.32. The molecule has 0 saturated heterocycles. The summed E-state index contributed by atoms with van der Waals surface area (Å²) < 4.78 is 8.33. The van der Waals surface area contributed by atoms with Crippen LogP contribution in [0.25, 0.3) is 16.9 Å². The van der Waals surface area contributed by atoms with E-state index in [9.17, 15) is 4.79 Å². The van der Waals surface area contributed by atoms with Crippen molar-refractivity contribution in [1.29, 1.82) is 0 Å². The quantitative estimate of drug-likeness (QED) is 0.567. The summed E-state index contributed by atoms with van der Waals surface area (Å²) in [6.07, 6.45) is 3.06. The van der Waals surface area contributed by atoms with Crippen LogP contribution in [0.5, 0.6) is 0 Å². The van der Waals surface area contributed by atoms with E-state index in [0.717, 1.165) is 5.69 Å². The second kappa shape index (κ2) is 5.16. The minimum Gasteiger partial charge on any atom is -0.444 e. The van der Waals surface area contributed by atoms with Crippen LogP contribution >= 0.6 is 0 Å². The fourth-order valence-electron chi connectivity index (χ4n) is 2.32. The molecule has 0 N–H and O–H groups in total. The summed E-state index contributed by atoms with van der Waals surface area (Å²) in [6.45, 7) is 2.00. The Balaban J connectivity index is 1.79. The predicted molar refractivity (Wildman–Crippen MR) is 81.3 cm³/mol. The lowest BCUT2D eigenvalue weighted by Crippen LogP contribution is -2.21. The highest BCUT2D eigenvalue weighted by atomic mass is 16.4. The largest absolute Gasteiger partial charge is 0.444 e. The van der Waals surface area contributed by atoms with Crippen molar-refractivity contribution >= 4 is 11.2 Å². The zero-order valence-electron chi connectivity index (χ0n) is 12.2. The van der Waals surface area contributed by atoms with E-state index in [0.29, 0.717) is 17.3 Å². The van der Waals surface area contributed by atoms with Crippen LogP contribution in [0, 0.1) is 6.92 Å². The molecule has 23 heavy (non-hydrogen) atoms. The van der Waals surface area contributed by atoms with Gasteiger partial charge in [0, 0.05) is 0 Å². The smallest absolute Gasteiger partial charge is 0.284 e. The van der Waals surface area contributed by atoms with Gasteiger partial charge >= 0.3 is 0 Å². The van der Waals surface area contributed by atoms with Crippen molar-refractivity contribution in [3.8, 4) is 5.69 Å². The number of rotatable bonds is 3. The molecule has 0 amide bonds. The van der Waals surface area contributed by atoms with Crippen molar-refractivity contribution in [2.75, 3.05) is 0 Å². The van der Waals surface area contributed by atoms with Gasteiger partial charge in [0.15, 0.2) is 11.2 Å². The molecule has 0 aliphatic rings. The van der Waals surface area contributed by atoms with Gasteiger partial charge in [0.2, 0.25) is 5.89 Å². The monoisotopic (exact) mass is 308 g/mol. The molecule has 3 heterocycles. The molecule has 4 aromatic rings. The second-order valence-electron chi connectivity index (χ2n) is 5.05. The zero-order chi connectivity index (χ0) is 15.8. The van der Waals surface area contributed by atoms with Crippen molar-refractivity contribution in [2.24, 2.45) is 0 Å². The second-order valence-corrected chi connectivity index (χ2v) is 5.05. The van der Waals surface area contributed by atoms with E-state index < -0.39 is 0 Å². The molecule has 0 spiro atoms. The Kier molecular flexibility index (Phi) is 3.00. The van der Waals surface area contributed by atoms with Crippen LogP contribution in [-0.4, -0.2) is 29.5 Å². The van der Waals surface area contributed by atoms with E-state index in [1.54, 1.807) is 13.1 Å². The lowest BCUT2D eigenvalue weighted by atomic mass is 10.3. The maximum atomic E-state index is 12.5. The molecule has 0 fully saturated rings. The summed E-state index contributed by atoms with van der Waals surface area (Å²) in [5.74, 6) is 1.14. The molecule has 3 aromatic heterocycles. The molecule has 0 bridgehead atoms. The molecule has 8 nitrogen and oxygen atoms in total. The Labute approximate surface area is 130 Å². The first-order chi connectivity index (χ1) is 11.2. The molecule has 0 radical (unpaired) electrons. The number of oxazole rings is 1. The minimum atomic E-state index is -0.284. The van der Waals surface area contributed by atoms with E-state index in [2.05, 4.69) is 20.3 Å². The first-order valence-corrected chi connectivity index (χ1v) is 7.00. The van der Waals surface area contributed by atoms with E-state index in [-0.39, 0.29) is 17.6 Å². The van der Waals surface area contributed by atoms with Gasteiger partial charge in [0.05, 0.1) is 11.9 Å². The molecule has 1 aromatic carbocycles. The average molecular weight is 308 g/mol. The van der Waals surface area contributed by atoms with Crippen molar-refractivity contribution in [1.82, 2.24) is 29.5 Å². The Hall–Kier alpha value is -3.29. The molecule has 4 rings (SSSR count). The number of hydrogen-bond acceptors (Lipinski definition) is 6. The molecule has 0 saturated carbocycles. The third-order valence-corrected chi connectivity index (χ3v) is 3.40. The summed E-state index contributed by atoms with van der Waals surface area (Å²) in [7, 11) is 0. The molecular weight excluding hydrogens is 296 g/mol. The van der Waals surface area contributed by atoms with Crippen molar-refractivity contribution in [2.45, 2.75) is 13.5 Å². The molecule has 0 atom stereocenters. The molecular formula is C15H12N6O2. The summed E-state index contributed by atoms with van der Waals surface area (Å²) in [4.78, 5) is 20.9. The van der Waals surface area contributed by atoms with Crippen LogP contribution in [0.4, 0.5) is 0 Å². The first kappa shape index (κ1) is 13.4. The number of aryl methyl sites for hydroxylation is 1. The van der Waals surface area contributed by atoms with Gasteiger partial charge in [-0.1, -0.05) is 23.4 Å². The predicted octanol–water partition coefficient (Wildman–Crippen LogP) is 1.32. The van der Waals surface area contributed by atoms with Gasteiger partial charge in [-0.3, -0.25) is 9.36 Å². The lowest BCUT2D eigenvalue weighted by molar-refractivity contribution is 0.453. The van der Waals surface area contributed by atoms with Crippen molar-refractivity contribution in [3.05, 3.63) is 64.9 Å². The Morgan fingerprint density at radius 2 is 2.00 bits per heavy atom. The number of aromatic nitrogens is 6. The average Bonchev–Trinajstić information content (AvgIpc) is 3.17. The fraction of sp³-hybridized carbons (Fsp3) is 0.133. The lowest BCUT2D eigenvalue weighted by Gasteiger charge is -2.03. The SMILES string of the molecule is Cc1cnc(Cn2cnc3c(nnn3-c3ccccc3)c2=O)o1. The van der Waals surface area contributed by atoms with Gasteiger partial charge in [0.1, 0.15) is 18.6 Å². The van der Waals surface area contributed by atoms with Crippen LogP contribution in [0.1, 0.15) is 11.7 Å². The van der Waals surface area contributed by atoms with Crippen LogP contribution in [-0.2, 0) is 6.54 Å².